The number of hydrogen-bond acceptors (Lipinski definition) is 6. The Hall–Kier alpha value is -1.19. The molecule has 1 fully saturated rings. The Labute approximate surface area is 111 Å². The molecule has 2 heterocycles. The van der Waals surface area contributed by atoms with Crippen molar-refractivity contribution in [3.63, 3.8) is 0 Å². The molecule has 0 amide bonds. The van der Waals surface area contributed by atoms with Crippen LogP contribution in [0.25, 0.3) is 0 Å². The highest BCUT2D eigenvalue weighted by Crippen LogP contribution is 2.40. The molecule has 0 unspecified atom stereocenters. The first-order chi connectivity index (χ1) is 8.78. The molecule has 1 aromatic heterocycles. The number of ether oxygens (including phenoxy) is 1. The Morgan fingerprint density at radius 2 is 2.21 bits per heavy atom. The van der Waals surface area contributed by atoms with Gasteiger partial charge in [0.25, 0.3) is 5.56 Å². The second kappa shape index (κ2) is 4.73. The second-order valence-electron chi connectivity index (χ2n) is 4.36. The van der Waals surface area contributed by atoms with Crippen molar-refractivity contribution in [3.05, 3.63) is 32.6 Å². The summed E-state index contributed by atoms with van der Waals surface area (Å²) < 4.78 is 6.02. The quantitative estimate of drug-likeness (QED) is 0.468. The molecule has 106 valence electrons. The fourth-order valence-electron chi connectivity index (χ4n) is 1.91. The van der Waals surface area contributed by atoms with E-state index in [9.17, 15) is 19.8 Å². The van der Waals surface area contributed by atoms with Gasteiger partial charge in [-0.25, -0.2) is 4.79 Å². The van der Waals surface area contributed by atoms with Gasteiger partial charge in [0.1, 0.15) is 12.2 Å². The molecule has 8 nitrogen and oxygen atoms in total. The molecule has 0 bridgehead atoms. The van der Waals surface area contributed by atoms with Gasteiger partial charge in [0.2, 0.25) is 5.06 Å². The Kier molecular flexibility index (Phi) is 3.54. The number of aromatic amines is 1. The predicted octanol–water partition coefficient (Wildman–Crippen LogP) is -1.98. The molecule has 0 radical (unpaired) electrons. The number of aliphatic hydroxyl groups is 3. The zero-order chi connectivity index (χ0) is 14.4. The number of aliphatic hydroxyl groups excluding tert-OH is 2. The Balaban J connectivity index is 2.51. The number of nitrogens with one attached hydrogen (secondary N) is 1. The molecule has 1 saturated heterocycles. The van der Waals surface area contributed by atoms with Gasteiger partial charge in [-0.15, -0.1) is 0 Å². The van der Waals surface area contributed by atoms with Crippen molar-refractivity contribution in [2.24, 2.45) is 0 Å². The lowest BCUT2D eigenvalue weighted by Crippen LogP contribution is -2.45. The van der Waals surface area contributed by atoms with Crippen LogP contribution in [0.1, 0.15) is 11.8 Å². The molecule has 1 aliphatic rings. The first-order valence-corrected chi connectivity index (χ1v) is 5.84. The van der Waals surface area contributed by atoms with Crippen LogP contribution >= 0.6 is 11.6 Å². The third-order valence-electron chi connectivity index (χ3n) is 3.00. The maximum absolute atomic E-state index is 11.7. The van der Waals surface area contributed by atoms with Crippen LogP contribution in [0.15, 0.2) is 15.8 Å². The van der Waals surface area contributed by atoms with Crippen molar-refractivity contribution < 1.29 is 20.1 Å². The van der Waals surface area contributed by atoms with E-state index in [1.807, 2.05) is 4.98 Å². The van der Waals surface area contributed by atoms with Crippen LogP contribution in [0.5, 0.6) is 0 Å². The summed E-state index contributed by atoms with van der Waals surface area (Å²) in [5.74, 6) is 0. The van der Waals surface area contributed by atoms with Crippen LogP contribution in [0.3, 0.4) is 0 Å². The van der Waals surface area contributed by atoms with Crippen LogP contribution in [0, 0.1) is 6.92 Å². The van der Waals surface area contributed by atoms with Crippen molar-refractivity contribution >= 4 is 11.6 Å². The average molecular weight is 293 g/mol. The van der Waals surface area contributed by atoms with E-state index in [4.69, 9.17) is 21.4 Å². The summed E-state index contributed by atoms with van der Waals surface area (Å²) in [4.78, 5) is 25.0. The summed E-state index contributed by atoms with van der Waals surface area (Å²) in [6.45, 7) is 0.876. The van der Waals surface area contributed by atoms with Gasteiger partial charge in [-0.2, -0.15) is 0 Å². The van der Waals surface area contributed by atoms with Gasteiger partial charge in [-0.3, -0.25) is 14.3 Å². The van der Waals surface area contributed by atoms with E-state index in [1.165, 1.54) is 6.92 Å². The maximum Gasteiger partial charge on any atom is 0.330 e. The highest BCUT2D eigenvalue weighted by atomic mass is 35.5. The first kappa shape index (κ1) is 14.2. The van der Waals surface area contributed by atoms with Crippen LogP contribution < -0.4 is 11.2 Å². The smallest absolute Gasteiger partial charge is 0.330 e. The molecule has 2 rings (SSSR count). The van der Waals surface area contributed by atoms with E-state index in [0.29, 0.717) is 0 Å². The highest BCUT2D eigenvalue weighted by molar-refractivity contribution is 6.23. The van der Waals surface area contributed by atoms with Crippen LogP contribution in [-0.2, 0) is 4.74 Å². The molecule has 0 spiro atoms. The molecule has 0 aliphatic carbocycles. The minimum absolute atomic E-state index is 0.206. The normalized spacial score (nSPS) is 34.7. The zero-order valence-electron chi connectivity index (χ0n) is 9.91. The SMILES string of the molecule is Cc1cn([C@@H]2O[C@H](CO)[C@@H](O)[C@]2(O)Cl)c(=O)[nH]c1=O. The minimum atomic E-state index is -2.29. The van der Waals surface area contributed by atoms with Gasteiger partial charge < -0.3 is 20.1 Å². The van der Waals surface area contributed by atoms with Crippen molar-refractivity contribution in [2.75, 3.05) is 6.61 Å². The topological polar surface area (TPSA) is 125 Å². The van der Waals surface area contributed by atoms with Gasteiger partial charge >= 0.3 is 5.69 Å². The molecule has 1 aromatic rings. The van der Waals surface area contributed by atoms with Gasteiger partial charge in [0.15, 0.2) is 6.23 Å². The van der Waals surface area contributed by atoms with Crippen LogP contribution in [0.4, 0.5) is 0 Å². The van der Waals surface area contributed by atoms with Gasteiger partial charge in [0, 0.05) is 11.8 Å². The molecule has 9 heteroatoms. The number of rotatable bonds is 2. The molecular formula is C10H13ClN2O6. The molecule has 4 atom stereocenters. The second-order valence-corrected chi connectivity index (χ2v) is 4.97. The number of aryl methyl sites for hydroxylation is 1. The van der Waals surface area contributed by atoms with Gasteiger partial charge in [0.05, 0.1) is 6.61 Å². The molecule has 1 aliphatic heterocycles. The van der Waals surface area contributed by atoms with E-state index < -0.39 is 41.4 Å². The van der Waals surface area contributed by atoms with E-state index in [0.717, 1.165) is 10.8 Å². The summed E-state index contributed by atoms with van der Waals surface area (Å²) in [6, 6.07) is 0. The summed E-state index contributed by atoms with van der Waals surface area (Å²) in [5.41, 5.74) is -1.21. The van der Waals surface area contributed by atoms with Crippen molar-refractivity contribution in [1.29, 1.82) is 0 Å². The van der Waals surface area contributed by atoms with Crippen molar-refractivity contribution in [1.82, 2.24) is 9.55 Å². The van der Waals surface area contributed by atoms with Crippen LogP contribution in [-0.4, -0.2) is 48.7 Å². The average Bonchev–Trinajstić information content (AvgIpc) is 2.56. The molecular weight excluding hydrogens is 280 g/mol. The van der Waals surface area contributed by atoms with Crippen LogP contribution in [0.2, 0.25) is 0 Å². The lowest BCUT2D eigenvalue weighted by Gasteiger charge is -2.25. The summed E-state index contributed by atoms with van der Waals surface area (Å²) in [7, 11) is 0. The molecule has 0 aromatic carbocycles. The Morgan fingerprint density at radius 3 is 2.74 bits per heavy atom. The van der Waals surface area contributed by atoms with Crippen molar-refractivity contribution in [3.8, 4) is 0 Å². The maximum atomic E-state index is 11.7. The van der Waals surface area contributed by atoms with Gasteiger partial charge in [-0.05, 0) is 6.92 Å². The lowest BCUT2D eigenvalue weighted by atomic mass is 10.1. The van der Waals surface area contributed by atoms with E-state index in [2.05, 4.69) is 0 Å². The highest BCUT2D eigenvalue weighted by Gasteiger charge is 2.55. The zero-order valence-corrected chi connectivity index (χ0v) is 10.7. The number of hydrogen-bond donors (Lipinski definition) is 4. The number of nitrogens with zero attached hydrogens (tertiary/aromatic N) is 1. The summed E-state index contributed by atoms with van der Waals surface area (Å²) >= 11 is 5.77. The molecule has 0 saturated carbocycles. The number of halogens is 1. The van der Waals surface area contributed by atoms with E-state index in [1.54, 1.807) is 0 Å². The lowest BCUT2D eigenvalue weighted by molar-refractivity contribution is -0.0658. The number of aromatic nitrogens is 2. The third kappa shape index (κ3) is 2.21. The van der Waals surface area contributed by atoms with E-state index in [-0.39, 0.29) is 5.56 Å². The summed E-state index contributed by atoms with van der Waals surface area (Å²) in [6.07, 6.45) is -2.98. The van der Waals surface area contributed by atoms with Gasteiger partial charge in [-0.1, -0.05) is 11.6 Å². The predicted molar refractivity (Wildman–Crippen MR) is 63.9 cm³/mol. The number of alkyl halides is 1. The summed E-state index contributed by atoms with van der Waals surface area (Å²) in [5, 5.41) is 26.4. The largest absolute Gasteiger partial charge is 0.394 e. The fraction of sp³-hybridized carbons (Fsp3) is 0.600. The molecule has 4 N–H and O–H groups in total. The Morgan fingerprint density at radius 1 is 1.58 bits per heavy atom. The van der Waals surface area contributed by atoms with Crippen molar-refractivity contribution in [2.45, 2.75) is 30.4 Å². The molecule has 19 heavy (non-hydrogen) atoms. The Bertz CT molecular complexity index is 594. The standard InChI is InChI=1S/C10H13ClN2O6/c1-4-2-13(9(17)12-7(4)16)8-10(11,18)6(15)5(3-14)19-8/h2,5-6,8,14-15,18H,3H2,1H3,(H,12,16,17)/t5-,6-,8-,10-/m1/s1. The first-order valence-electron chi connectivity index (χ1n) is 5.46. The number of H-pyrrole nitrogens is 1. The fourth-order valence-corrected chi connectivity index (χ4v) is 2.20. The third-order valence-corrected chi connectivity index (χ3v) is 3.41. The minimum Gasteiger partial charge on any atom is -0.394 e. The monoisotopic (exact) mass is 292 g/mol. The van der Waals surface area contributed by atoms with E-state index >= 15 is 0 Å².